The minimum Gasteiger partial charge on any atom is -0.444 e. The molecular formula is C20H21NO3. The standard InChI is InChI=1S/C20H21NO3/c1-13(2)12-21-17-10-9-14(3)11-16(17)18(19(21)22)24-20(23)15-7-5-4-6-8-15/h4-11,13,18H,12H2,1-3H3. The van der Waals surface area contributed by atoms with Crippen LogP contribution >= 0.6 is 0 Å². The number of fused-ring (bicyclic) bond motifs is 1. The first-order valence-corrected chi connectivity index (χ1v) is 8.15. The van der Waals surface area contributed by atoms with Gasteiger partial charge < -0.3 is 9.64 Å². The van der Waals surface area contributed by atoms with Crippen molar-refractivity contribution in [1.29, 1.82) is 0 Å². The topological polar surface area (TPSA) is 46.6 Å². The van der Waals surface area contributed by atoms with Crippen molar-refractivity contribution in [3.8, 4) is 0 Å². The van der Waals surface area contributed by atoms with Gasteiger partial charge >= 0.3 is 5.97 Å². The molecule has 24 heavy (non-hydrogen) atoms. The van der Waals surface area contributed by atoms with E-state index >= 15 is 0 Å². The van der Waals surface area contributed by atoms with Crippen molar-refractivity contribution >= 4 is 17.6 Å². The Labute approximate surface area is 142 Å². The number of amides is 1. The number of esters is 1. The zero-order valence-corrected chi connectivity index (χ0v) is 14.2. The fraction of sp³-hybridized carbons (Fsp3) is 0.300. The monoisotopic (exact) mass is 323 g/mol. The Morgan fingerprint density at radius 2 is 1.88 bits per heavy atom. The molecule has 4 nitrogen and oxygen atoms in total. The summed E-state index contributed by atoms with van der Waals surface area (Å²) in [5.74, 6) is -0.326. The van der Waals surface area contributed by atoms with Gasteiger partial charge in [0, 0.05) is 12.1 Å². The molecule has 124 valence electrons. The predicted molar refractivity (Wildman–Crippen MR) is 93.0 cm³/mol. The number of aryl methyl sites for hydroxylation is 1. The lowest BCUT2D eigenvalue weighted by Gasteiger charge is -2.20. The molecule has 4 heteroatoms. The maximum Gasteiger partial charge on any atom is 0.339 e. The third-order valence-corrected chi connectivity index (χ3v) is 4.03. The highest BCUT2D eigenvalue weighted by molar-refractivity contribution is 6.05. The van der Waals surface area contributed by atoms with Gasteiger partial charge in [-0.3, -0.25) is 4.79 Å². The molecule has 0 radical (unpaired) electrons. The van der Waals surface area contributed by atoms with Gasteiger partial charge in [0.25, 0.3) is 5.91 Å². The van der Waals surface area contributed by atoms with Crippen molar-refractivity contribution in [2.24, 2.45) is 5.92 Å². The van der Waals surface area contributed by atoms with Crippen LogP contribution in [0, 0.1) is 12.8 Å². The molecule has 1 atom stereocenters. The summed E-state index contributed by atoms with van der Waals surface area (Å²) in [6.45, 7) is 6.69. The van der Waals surface area contributed by atoms with E-state index in [0.29, 0.717) is 18.0 Å². The quantitative estimate of drug-likeness (QED) is 0.802. The lowest BCUT2D eigenvalue weighted by Crippen LogP contribution is -2.33. The summed E-state index contributed by atoms with van der Waals surface area (Å²) in [4.78, 5) is 26.9. The zero-order valence-electron chi connectivity index (χ0n) is 14.2. The molecule has 1 unspecified atom stereocenters. The predicted octanol–water partition coefficient (Wildman–Crippen LogP) is 3.90. The minimum atomic E-state index is -0.869. The smallest absolute Gasteiger partial charge is 0.339 e. The lowest BCUT2D eigenvalue weighted by molar-refractivity contribution is -0.126. The van der Waals surface area contributed by atoms with Crippen LogP contribution in [0.25, 0.3) is 0 Å². The second-order valence-electron chi connectivity index (χ2n) is 6.56. The van der Waals surface area contributed by atoms with Gasteiger partial charge in [-0.1, -0.05) is 43.7 Å². The third kappa shape index (κ3) is 3.04. The molecule has 0 saturated carbocycles. The van der Waals surface area contributed by atoms with Gasteiger partial charge in [-0.25, -0.2) is 4.79 Å². The second kappa shape index (κ2) is 6.48. The molecule has 1 amide bonds. The minimum absolute atomic E-state index is 0.173. The van der Waals surface area contributed by atoms with Crippen molar-refractivity contribution in [2.75, 3.05) is 11.4 Å². The number of nitrogens with zero attached hydrogens (tertiary/aromatic N) is 1. The molecule has 0 aliphatic carbocycles. The number of rotatable bonds is 4. The van der Waals surface area contributed by atoms with Gasteiger partial charge in [0.15, 0.2) is 0 Å². The van der Waals surface area contributed by atoms with E-state index in [9.17, 15) is 9.59 Å². The van der Waals surface area contributed by atoms with E-state index < -0.39 is 12.1 Å². The van der Waals surface area contributed by atoms with Gasteiger partial charge in [-0.05, 0) is 37.1 Å². The molecule has 1 aliphatic heterocycles. The van der Waals surface area contributed by atoms with Gasteiger partial charge in [-0.15, -0.1) is 0 Å². The van der Waals surface area contributed by atoms with E-state index in [-0.39, 0.29) is 5.91 Å². The SMILES string of the molecule is Cc1ccc2c(c1)C(OC(=O)c1ccccc1)C(=O)N2CC(C)C. The fourth-order valence-corrected chi connectivity index (χ4v) is 2.94. The van der Waals surface area contributed by atoms with E-state index in [1.54, 1.807) is 29.2 Å². The number of ether oxygens (including phenoxy) is 1. The Kier molecular flexibility index (Phi) is 4.38. The Balaban J connectivity index is 1.92. The zero-order chi connectivity index (χ0) is 17.3. The Hall–Kier alpha value is -2.62. The van der Waals surface area contributed by atoms with Crippen LogP contribution in [0.5, 0.6) is 0 Å². The summed E-state index contributed by atoms with van der Waals surface area (Å²) < 4.78 is 5.57. The Morgan fingerprint density at radius 3 is 2.54 bits per heavy atom. The number of anilines is 1. The van der Waals surface area contributed by atoms with E-state index in [0.717, 1.165) is 16.8 Å². The highest BCUT2D eigenvalue weighted by Gasteiger charge is 2.40. The molecule has 0 N–H and O–H groups in total. The van der Waals surface area contributed by atoms with Crippen molar-refractivity contribution in [1.82, 2.24) is 0 Å². The van der Waals surface area contributed by atoms with Crippen LogP contribution in [-0.2, 0) is 9.53 Å². The first-order valence-electron chi connectivity index (χ1n) is 8.15. The molecule has 2 aromatic rings. The second-order valence-corrected chi connectivity index (χ2v) is 6.56. The Bertz CT molecular complexity index is 768. The van der Waals surface area contributed by atoms with Crippen molar-refractivity contribution in [3.63, 3.8) is 0 Å². The number of hydrogen-bond donors (Lipinski definition) is 0. The van der Waals surface area contributed by atoms with Gasteiger partial charge in [0.05, 0.1) is 11.3 Å². The van der Waals surface area contributed by atoms with Crippen molar-refractivity contribution < 1.29 is 14.3 Å². The van der Waals surface area contributed by atoms with Crippen LogP contribution in [0.4, 0.5) is 5.69 Å². The number of carbonyl (C=O) groups excluding carboxylic acids is 2. The molecule has 1 heterocycles. The average Bonchev–Trinajstić information content (AvgIpc) is 2.80. The molecule has 3 rings (SSSR count). The highest BCUT2D eigenvalue weighted by Crippen LogP contribution is 2.39. The number of carbonyl (C=O) groups is 2. The normalized spacial score (nSPS) is 16.4. The first-order chi connectivity index (χ1) is 11.5. The molecule has 0 saturated heterocycles. The van der Waals surface area contributed by atoms with Gasteiger partial charge in [-0.2, -0.15) is 0 Å². The van der Waals surface area contributed by atoms with E-state index in [2.05, 4.69) is 13.8 Å². The number of hydrogen-bond acceptors (Lipinski definition) is 3. The summed E-state index contributed by atoms with van der Waals surface area (Å²) >= 11 is 0. The number of benzene rings is 2. The lowest BCUT2D eigenvalue weighted by atomic mass is 10.1. The highest BCUT2D eigenvalue weighted by atomic mass is 16.5. The van der Waals surface area contributed by atoms with Crippen molar-refractivity contribution in [2.45, 2.75) is 26.9 Å². The summed E-state index contributed by atoms with van der Waals surface area (Å²) in [5, 5.41) is 0. The summed E-state index contributed by atoms with van der Waals surface area (Å²) in [6, 6.07) is 14.6. The van der Waals surface area contributed by atoms with Crippen LogP contribution in [0.2, 0.25) is 0 Å². The van der Waals surface area contributed by atoms with E-state index in [4.69, 9.17) is 4.74 Å². The van der Waals surface area contributed by atoms with Crippen LogP contribution in [0.1, 0.15) is 41.4 Å². The molecule has 0 fully saturated rings. The van der Waals surface area contributed by atoms with Gasteiger partial charge in [0.1, 0.15) is 0 Å². The van der Waals surface area contributed by atoms with Crippen LogP contribution in [0.15, 0.2) is 48.5 Å². The van der Waals surface area contributed by atoms with E-state index in [1.807, 2.05) is 31.2 Å². The summed E-state index contributed by atoms with van der Waals surface area (Å²) in [7, 11) is 0. The first kappa shape index (κ1) is 16.2. The van der Waals surface area contributed by atoms with E-state index in [1.165, 1.54) is 0 Å². The molecular weight excluding hydrogens is 302 g/mol. The molecule has 0 bridgehead atoms. The molecule has 2 aromatic carbocycles. The average molecular weight is 323 g/mol. The summed E-state index contributed by atoms with van der Waals surface area (Å²) in [6.07, 6.45) is -0.869. The third-order valence-electron chi connectivity index (χ3n) is 4.03. The van der Waals surface area contributed by atoms with Gasteiger partial charge in [0.2, 0.25) is 6.10 Å². The van der Waals surface area contributed by atoms with Crippen LogP contribution in [-0.4, -0.2) is 18.4 Å². The largest absolute Gasteiger partial charge is 0.444 e. The molecule has 1 aliphatic rings. The van der Waals surface area contributed by atoms with Crippen LogP contribution in [0.3, 0.4) is 0 Å². The summed E-state index contributed by atoms with van der Waals surface area (Å²) in [5.41, 5.74) is 3.09. The molecule has 0 aromatic heterocycles. The fourth-order valence-electron chi connectivity index (χ4n) is 2.94. The maximum absolute atomic E-state index is 12.8. The van der Waals surface area contributed by atoms with Crippen LogP contribution < -0.4 is 4.90 Å². The maximum atomic E-state index is 12.8. The van der Waals surface area contributed by atoms with Crippen molar-refractivity contribution in [3.05, 3.63) is 65.2 Å². The Morgan fingerprint density at radius 1 is 1.17 bits per heavy atom. The molecule has 0 spiro atoms.